The molecule has 0 unspecified atom stereocenters. The standard InChI is InChI=1S/C15H20N2O2/c1-5-6-7-8-16-13-10-11(14(18)19)9-12(17-13)15(2,3)4/h9-10H,7-8H2,1-4H3,(H,16,17)(H,18,19). The summed E-state index contributed by atoms with van der Waals surface area (Å²) in [5.74, 6) is 5.40. The van der Waals surface area contributed by atoms with Crippen molar-refractivity contribution in [3.63, 3.8) is 0 Å². The van der Waals surface area contributed by atoms with Crippen LogP contribution in [0, 0.1) is 11.8 Å². The summed E-state index contributed by atoms with van der Waals surface area (Å²) < 4.78 is 0. The molecule has 0 fully saturated rings. The zero-order valence-electron chi connectivity index (χ0n) is 11.9. The maximum Gasteiger partial charge on any atom is 0.335 e. The first-order valence-corrected chi connectivity index (χ1v) is 6.24. The number of anilines is 1. The number of hydrogen-bond acceptors (Lipinski definition) is 3. The van der Waals surface area contributed by atoms with E-state index in [2.05, 4.69) is 22.1 Å². The Kier molecular flexibility index (Phi) is 4.94. The highest BCUT2D eigenvalue weighted by molar-refractivity contribution is 5.88. The molecule has 4 heteroatoms. The maximum atomic E-state index is 11.1. The molecular weight excluding hydrogens is 240 g/mol. The predicted octanol–water partition coefficient (Wildman–Crippen LogP) is 2.90. The molecule has 0 radical (unpaired) electrons. The molecule has 1 aromatic rings. The lowest BCUT2D eigenvalue weighted by atomic mass is 9.91. The third-order valence-corrected chi connectivity index (χ3v) is 2.57. The molecular formula is C15H20N2O2. The van der Waals surface area contributed by atoms with E-state index in [0.717, 1.165) is 5.69 Å². The number of aromatic carboxylic acids is 1. The number of aromatic nitrogens is 1. The number of carboxylic acids is 1. The highest BCUT2D eigenvalue weighted by Gasteiger charge is 2.18. The molecule has 0 amide bonds. The van der Waals surface area contributed by atoms with Crippen molar-refractivity contribution in [3.05, 3.63) is 23.4 Å². The lowest BCUT2D eigenvalue weighted by Gasteiger charge is -2.19. The van der Waals surface area contributed by atoms with E-state index in [1.54, 1.807) is 19.1 Å². The van der Waals surface area contributed by atoms with Crippen LogP contribution in [0.5, 0.6) is 0 Å². The van der Waals surface area contributed by atoms with Crippen molar-refractivity contribution in [1.82, 2.24) is 4.98 Å². The van der Waals surface area contributed by atoms with Crippen molar-refractivity contribution in [1.29, 1.82) is 0 Å². The van der Waals surface area contributed by atoms with E-state index in [4.69, 9.17) is 5.11 Å². The molecule has 1 aromatic heterocycles. The molecule has 0 atom stereocenters. The number of carboxylic acid groups (broad SMARTS) is 1. The van der Waals surface area contributed by atoms with Gasteiger partial charge in [0.15, 0.2) is 0 Å². The van der Waals surface area contributed by atoms with Gasteiger partial charge in [0.05, 0.1) is 5.56 Å². The first kappa shape index (κ1) is 15.0. The summed E-state index contributed by atoms with van der Waals surface area (Å²) in [6.45, 7) is 8.47. The highest BCUT2D eigenvalue weighted by atomic mass is 16.4. The zero-order valence-corrected chi connectivity index (χ0v) is 11.9. The van der Waals surface area contributed by atoms with Gasteiger partial charge in [-0.15, -0.1) is 11.8 Å². The molecule has 4 nitrogen and oxygen atoms in total. The van der Waals surface area contributed by atoms with Crippen molar-refractivity contribution in [3.8, 4) is 11.8 Å². The fourth-order valence-electron chi connectivity index (χ4n) is 1.51. The van der Waals surface area contributed by atoms with E-state index in [9.17, 15) is 4.79 Å². The largest absolute Gasteiger partial charge is 0.478 e. The van der Waals surface area contributed by atoms with Crippen LogP contribution in [-0.2, 0) is 5.41 Å². The number of nitrogens with one attached hydrogen (secondary N) is 1. The summed E-state index contributed by atoms with van der Waals surface area (Å²) >= 11 is 0. The summed E-state index contributed by atoms with van der Waals surface area (Å²) in [6, 6.07) is 3.18. The fraction of sp³-hybridized carbons (Fsp3) is 0.467. The average Bonchev–Trinajstić information content (AvgIpc) is 2.33. The summed E-state index contributed by atoms with van der Waals surface area (Å²) in [5.41, 5.74) is 0.825. The molecule has 102 valence electrons. The Bertz CT molecular complexity index is 519. The molecule has 19 heavy (non-hydrogen) atoms. The quantitative estimate of drug-likeness (QED) is 0.645. The van der Waals surface area contributed by atoms with Gasteiger partial charge in [0.2, 0.25) is 0 Å². The molecule has 1 heterocycles. The Hall–Kier alpha value is -2.02. The molecule has 0 aliphatic carbocycles. The van der Waals surface area contributed by atoms with Crippen LogP contribution < -0.4 is 5.32 Å². The van der Waals surface area contributed by atoms with Crippen molar-refractivity contribution >= 4 is 11.8 Å². The van der Waals surface area contributed by atoms with E-state index < -0.39 is 5.97 Å². The Morgan fingerprint density at radius 2 is 2.11 bits per heavy atom. The van der Waals surface area contributed by atoms with Crippen molar-refractivity contribution in [2.45, 2.75) is 39.5 Å². The Morgan fingerprint density at radius 3 is 2.63 bits per heavy atom. The van der Waals surface area contributed by atoms with Gasteiger partial charge in [0, 0.05) is 24.1 Å². The summed E-state index contributed by atoms with van der Waals surface area (Å²) in [5, 5.41) is 12.2. The van der Waals surface area contributed by atoms with Crippen molar-refractivity contribution < 1.29 is 9.90 Å². The average molecular weight is 260 g/mol. The molecule has 0 aliphatic rings. The normalized spacial score (nSPS) is 10.5. The second-order valence-corrected chi connectivity index (χ2v) is 5.29. The van der Waals surface area contributed by atoms with Gasteiger partial charge in [-0.3, -0.25) is 0 Å². The van der Waals surface area contributed by atoms with Gasteiger partial charge in [-0.2, -0.15) is 0 Å². The van der Waals surface area contributed by atoms with Crippen molar-refractivity contribution in [2.75, 3.05) is 11.9 Å². The SMILES string of the molecule is CC#CCCNc1cc(C(=O)O)cc(C(C)(C)C)n1. The minimum Gasteiger partial charge on any atom is -0.478 e. The van der Waals surface area contributed by atoms with Gasteiger partial charge in [-0.25, -0.2) is 9.78 Å². The summed E-state index contributed by atoms with van der Waals surface area (Å²) in [6.07, 6.45) is 0.709. The number of carbonyl (C=O) groups is 1. The van der Waals surface area contributed by atoms with Crippen LogP contribution in [-0.4, -0.2) is 22.6 Å². The molecule has 0 saturated heterocycles. The predicted molar refractivity (Wildman–Crippen MR) is 76.5 cm³/mol. The number of rotatable bonds is 4. The fourth-order valence-corrected chi connectivity index (χ4v) is 1.51. The maximum absolute atomic E-state index is 11.1. The number of hydrogen-bond donors (Lipinski definition) is 2. The minimum absolute atomic E-state index is 0.189. The van der Waals surface area contributed by atoms with Crippen LogP contribution in [0.1, 0.15) is 50.2 Å². The Labute approximate surface area is 114 Å². The second-order valence-electron chi connectivity index (χ2n) is 5.29. The minimum atomic E-state index is -0.940. The zero-order chi connectivity index (χ0) is 14.5. The van der Waals surface area contributed by atoms with Gasteiger partial charge in [-0.05, 0) is 19.1 Å². The van der Waals surface area contributed by atoms with E-state index in [-0.39, 0.29) is 11.0 Å². The Balaban J connectivity index is 2.99. The van der Waals surface area contributed by atoms with E-state index in [1.807, 2.05) is 20.8 Å². The summed E-state index contributed by atoms with van der Waals surface area (Å²) in [4.78, 5) is 15.6. The topological polar surface area (TPSA) is 62.2 Å². The monoisotopic (exact) mass is 260 g/mol. The van der Waals surface area contributed by atoms with Crippen LogP contribution in [0.4, 0.5) is 5.82 Å². The van der Waals surface area contributed by atoms with Crippen molar-refractivity contribution in [2.24, 2.45) is 0 Å². The third kappa shape index (κ3) is 4.63. The van der Waals surface area contributed by atoms with Crippen LogP contribution in [0.2, 0.25) is 0 Å². The van der Waals surface area contributed by atoms with Crippen LogP contribution in [0.3, 0.4) is 0 Å². The van der Waals surface area contributed by atoms with Gasteiger partial charge < -0.3 is 10.4 Å². The van der Waals surface area contributed by atoms with Crippen LogP contribution >= 0.6 is 0 Å². The third-order valence-electron chi connectivity index (χ3n) is 2.57. The summed E-state index contributed by atoms with van der Waals surface area (Å²) in [7, 11) is 0. The molecule has 0 aliphatic heterocycles. The highest BCUT2D eigenvalue weighted by Crippen LogP contribution is 2.23. The van der Waals surface area contributed by atoms with E-state index in [0.29, 0.717) is 18.8 Å². The van der Waals surface area contributed by atoms with E-state index >= 15 is 0 Å². The molecule has 0 spiro atoms. The van der Waals surface area contributed by atoms with Crippen LogP contribution in [0.25, 0.3) is 0 Å². The van der Waals surface area contributed by atoms with E-state index in [1.165, 1.54) is 0 Å². The molecule has 0 bridgehead atoms. The molecule has 0 saturated carbocycles. The Morgan fingerprint density at radius 1 is 1.42 bits per heavy atom. The van der Waals surface area contributed by atoms with Gasteiger partial charge in [0.1, 0.15) is 5.82 Å². The first-order chi connectivity index (χ1) is 8.84. The second kappa shape index (κ2) is 6.24. The molecule has 0 aromatic carbocycles. The lowest BCUT2D eigenvalue weighted by Crippen LogP contribution is -2.16. The number of pyridine rings is 1. The van der Waals surface area contributed by atoms with Crippen LogP contribution in [0.15, 0.2) is 12.1 Å². The molecule has 2 N–H and O–H groups in total. The van der Waals surface area contributed by atoms with Gasteiger partial charge in [0.25, 0.3) is 0 Å². The number of nitrogens with zero attached hydrogens (tertiary/aromatic N) is 1. The van der Waals surface area contributed by atoms with Gasteiger partial charge in [-0.1, -0.05) is 20.8 Å². The lowest BCUT2D eigenvalue weighted by molar-refractivity contribution is 0.0696. The smallest absolute Gasteiger partial charge is 0.335 e. The first-order valence-electron chi connectivity index (χ1n) is 6.24. The van der Waals surface area contributed by atoms with Gasteiger partial charge >= 0.3 is 5.97 Å². The molecule has 1 rings (SSSR count).